The maximum absolute atomic E-state index is 5.62. The summed E-state index contributed by atoms with van der Waals surface area (Å²) in [6, 6.07) is 0. The molecule has 4 nitrogen and oxygen atoms in total. The number of hydrogen-bond acceptors (Lipinski definition) is 4. The first kappa shape index (κ1) is 25.8. The maximum atomic E-state index is 5.62. The van der Waals surface area contributed by atoms with Crippen molar-refractivity contribution in [2.45, 2.75) is 143 Å². The summed E-state index contributed by atoms with van der Waals surface area (Å²) in [4.78, 5) is 22.2. The van der Waals surface area contributed by atoms with Gasteiger partial charge in [-0.25, -0.2) is 9.78 Å². The first-order chi connectivity index (χ1) is 12.0. The average Bonchev–Trinajstić information content (AvgIpc) is 2.52. The van der Waals surface area contributed by atoms with Crippen LogP contribution in [-0.2, 0) is 19.6 Å². The summed E-state index contributed by atoms with van der Waals surface area (Å²) < 4.78 is 0. The predicted octanol–water partition coefficient (Wildman–Crippen LogP) is 7.51. The molecule has 0 amide bonds. The van der Waals surface area contributed by atoms with Crippen LogP contribution >= 0.6 is 0 Å². The van der Waals surface area contributed by atoms with E-state index in [4.69, 9.17) is 19.6 Å². The molecule has 4 heteroatoms. The molecule has 0 rings (SSSR count). The highest BCUT2D eigenvalue weighted by Crippen LogP contribution is 2.27. The summed E-state index contributed by atoms with van der Waals surface area (Å²) in [7, 11) is 0. The largest absolute Gasteiger partial charge is 0.231 e. The van der Waals surface area contributed by atoms with E-state index < -0.39 is 5.79 Å². The van der Waals surface area contributed by atoms with E-state index in [1.165, 1.54) is 57.8 Å². The molecule has 0 unspecified atom stereocenters. The Bertz CT molecular complexity index is 310. The molecule has 0 fully saturated rings. The average molecular weight is 375 g/mol. The Balaban J connectivity index is 4.06. The third-order valence-corrected chi connectivity index (χ3v) is 3.92. The first-order valence-electron chi connectivity index (χ1n) is 10.7. The molecule has 0 saturated carbocycles. The van der Waals surface area contributed by atoms with Gasteiger partial charge in [0.1, 0.15) is 0 Å². The van der Waals surface area contributed by atoms with E-state index in [1.807, 2.05) is 48.5 Å². The standard InChI is InChI=1S/C22H46O4/c1-9-10-11-12-13-14-15-16-17-18-19-22(8,25-23-20(2,3)4)26-24-21(5,6)7/h9-19H2,1-8H3. The Kier molecular flexibility index (Phi) is 13.0. The second-order valence-electron chi connectivity index (χ2n) is 9.62. The number of rotatable bonds is 15. The van der Waals surface area contributed by atoms with Gasteiger partial charge in [-0.05, 0) is 54.9 Å². The molecule has 0 bridgehead atoms. The van der Waals surface area contributed by atoms with Gasteiger partial charge in [0.2, 0.25) is 5.79 Å². The summed E-state index contributed by atoms with van der Waals surface area (Å²) in [6.07, 6.45) is 13.8. The molecule has 0 radical (unpaired) electrons. The number of unbranched alkanes of at least 4 members (excludes halogenated alkanes) is 9. The molecule has 158 valence electrons. The third-order valence-electron chi connectivity index (χ3n) is 3.92. The molecule has 0 heterocycles. The highest BCUT2D eigenvalue weighted by Gasteiger charge is 2.33. The van der Waals surface area contributed by atoms with Crippen molar-refractivity contribution in [2.75, 3.05) is 0 Å². The van der Waals surface area contributed by atoms with Gasteiger partial charge in [0.15, 0.2) is 0 Å². The molecule has 0 N–H and O–H groups in total. The van der Waals surface area contributed by atoms with Crippen LogP contribution in [0.5, 0.6) is 0 Å². The summed E-state index contributed by atoms with van der Waals surface area (Å²) in [5.41, 5.74) is -0.770. The molecule has 26 heavy (non-hydrogen) atoms. The van der Waals surface area contributed by atoms with Gasteiger partial charge in [-0.2, -0.15) is 9.78 Å². The van der Waals surface area contributed by atoms with Gasteiger partial charge in [0, 0.05) is 6.42 Å². The lowest BCUT2D eigenvalue weighted by molar-refractivity contribution is -0.537. The molecular weight excluding hydrogens is 328 g/mol. The smallest absolute Gasteiger partial charge is 0.228 e. The van der Waals surface area contributed by atoms with Crippen LogP contribution in [0.25, 0.3) is 0 Å². The van der Waals surface area contributed by atoms with Crippen molar-refractivity contribution in [3.05, 3.63) is 0 Å². The van der Waals surface area contributed by atoms with Crippen molar-refractivity contribution in [1.29, 1.82) is 0 Å². The first-order valence-corrected chi connectivity index (χ1v) is 10.7. The molecule has 0 atom stereocenters. The van der Waals surface area contributed by atoms with Gasteiger partial charge in [-0.15, -0.1) is 0 Å². The molecule has 0 aliphatic carbocycles. The zero-order chi connectivity index (χ0) is 20.1. The van der Waals surface area contributed by atoms with Gasteiger partial charge in [0.25, 0.3) is 0 Å². The number of hydrogen-bond donors (Lipinski definition) is 0. The zero-order valence-corrected chi connectivity index (χ0v) is 18.9. The fourth-order valence-corrected chi connectivity index (χ4v) is 2.46. The molecule has 0 saturated heterocycles. The van der Waals surface area contributed by atoms with Crippen LogP contribution in [0, 0.1) is 0 Å². The van der Waals surface area contributed by atoms with E-state index in [9.17, 15) is 0 Å². The lowest BCUT2D eigenvalue weighted by Gasteiger charge is -2.32. The summed E-state index contributed by atoms with van der Waals surface area (Å²) >= 11 is 0. The summed E-state index contributed by atoms with van der Waals surface area (Å²) in [5.74, 6) is -0.888. The van der Waals surface area contributed by atoms with Crippen LogP contribution in [0.1, 0.15) is 126 Å². The predicted molar refractivity (Wildman–Crippen MR) is 109 cm³/mol. The van der Waals surface area contributed by atoms with E-state index >= 15 is 0 Å². The molecule has 0 aromatic carbocycles. The van der Waals surface area contributed by atoms with E-state index in [1.54, 1.807) is 0 Å². The molecule has 0 aliphatic heterocycles. The second kappa shape index (κ2) is 13.1. The normalized spacial score (nSPS) is 13.4. The molecule has 0 aromatic rings. The minimum atomic E-state index is -0.888. The van der Waals surface area contributed by atoms with Crippen LogP contribution in [0.4, 0.5) is 0 Å². The monoisotopic (exact) mass is 374 g/mol. The van der Waals surface area contributed by atoms with Crippen molar-refractivity contribution in [2.24, 2.45) is 0 Å². The van der Waals surface area contributed by atoms with Gasteiger partial charge in [-0.1, -0.05) is 64.7 Å². The van der Waals surface area contributed by atoms with Crippen molar-refractivity contribution < 1.29 is 19.6 Å². The molecular formula is C22H46O4. The maximum Gasteiger partial charge on any atom is 0.231 e. The second-order valence-corrected chi connectivity index (χ2v) is 9.62. The Morgan fingerprint density at radius 3 is 1.15 bits per heavy atom. The van der Waals surface area contributed by atoms with Crippen LogP contribution in [-0.4, -0.2) is 17.0 Å². The van der Waals surface area contributed by atoms with E-state index in [0.29, 0.717) is 0 Å². The Labute approximate surface area is 163 Å². The van der Waals surface area contributed by atoms with Gasteiger partial charge in [-0.3, -0.25) is 0 Å². The van der Waals surface area contributed by atoms with Gasteiger partial charge >= 0.3 is 0 Å². The lowest BCUT2D eigenvalue weighted by atomic mass is 10.0. The van der Waals surface area contributed by atoms with E-state index in [2.05, 4.69) is 6.92 Å². The lowest BCUT2D eigenvalue weighted by Crippen LogP contribution is -2.38. The Hall–Kier alpha value is -0.160. The zero-order valence-electron chi connectivity index (χ0n) is 18.9. The van der Waals surface area contributed by atoms with Crippen LogP contribution in [0.15, 0.2) is 0 Å². The molecule has 0 spiro atoms. The fraction of sp³-hybridized carbons (Fsp3) is 1.00. The fourth-order valence-electron chi connectivity index (χ4n) is 2.46. The summed E-state index contributed by atoms with van der Waals surface area (Å²) in [5, 5.41) is 0. The minimum Gasteiger partial charge on any atom is -0.228 e. The van der Waals surface area contributed by atoms with Crippen molar-refractivity contribution in [1.82, 2.24) is 0 Å². The highest BCUT2D eigenvalue weighted by atomic mass is 17.3. The van der Waals surface area contributed by atoms with Crippen molar-refractivity contribution in [3.63, 3.8) is 0 Å². The topological polar surface area (TPSA) is 36.9 Å². The highest BCUT2D eigenvalue weighted by molar-refractivity contribution is 4.63. The van der Waals surface area contributed by atoms with E-state index in [0.717, 1.165) is 12.8 Å². The quantitative estimate of drug-likeness (QED) is 0.129. The molecule has 0 aliphatic rings. The van der Waals surface area contributed by atoms with Gasteiger partial charge in [0.05, 0.1) is 11.2 Å². The molecule has 0 aromatic heterocycles. The van der Waals surface area contributed by atoms with Crippen LogP contribution in [0.3, 0.4) is 0 Å². The van der Waals surface area contributed by atoms with Crippen molar-refractivity contribution >= 4 is 0 Å². The third kappa shape index (κ3) is 17.3. The van der Waals surface area contributed by atoms with Crippen LogP contribution in [0.2, 0.25) is 0 Å². The van der Waals surface area contributed by atoms with E-state index in [-0.39, 0.29) is 11.2 Å². The Morgan fingerprint density at radius 2 is 0.808 bits per heavy atom. The van der Waals surface area contributed by atoms with Crippen LogP contribution < -0.4 is 0 Å². The van der Waals surface area contributed by atoms with Gasteiger partial charge < -0.3 is 0 Å². The van der Waals surface area contributed by atoms with Crippen molar-refractivity contribution in [3.8, 4) is 0 Å². The summed E-state index contributed by atoms with van der Waals surface area (Å²) in [6.45, 7) is 15.9. The minimum absolute atomic E-state index is 0.385. The Morgan fingerprint density at radius 1 is 0.462 bits per heavy atom. The SMILES string of the molecule is CCCCCCCCCCCCC(C)(OOC(C)(C)C)OOC(C)(C)C.